The maximum atomic E-state index is 10.1. The summed E-state index contributed by atoms with van der Waals surface area (Å²) in [6.07, 6.45) is 0. The average Bonchev–Trinajstić information content (AvgIpc) is 2.45. The van der Waals surface area contributed by atoms with Crippen molar-refractivity contribution in [2.24, 2.45) is 0 Å². The molecule has 0 unspecified atom stereocenters. The molecule has 0 aliphatic carbocycles. The smallest absolute Gasteiger partial charge is 0.191 e. The van der Waals surface area contributed by atoms with Gasteiger partial charge in [0.25, 0.3) is 0 Å². The van der Waals surface area contributed by atoms with Crippen molar-refractivity contribution in [2.45, 2.75) is 0 Å². The monoisotopic (exact) mass is 300 g/mol. The van der Waals surface area contributed by atoms with Gasteiger partial charge in [0, 0.05) is 23.8 Å². The van der Waals surface area contributed by atoms with Crippen molar-refractivity contribution in [3.05, 3.63) is 47.2 Å². The van der Waals surface area contributed by atoms with Crippen molar-refractivity contribution < 1.29 is 19.4 Å². The van der Waals surface area contributed by atoms with Crippen molar-refractivity contribution in [1.29, 1.82) is 0 Å². The summed E-state index contributed by atoms with van der Waals surface area (Å²) in [5.41, 5.74) is 1.94. The minimum atomic E-state index is -0.0787. The number of benzene rings is 2. The van der Waals surface area contributed by atoms with E-state index in [4.69, 9.17) is 21.4 Å². The molecule has 0 aliphatic rings. The zero-order valence-electron chi connectivity index (χ0n) is 11.2. The van der Waals surface area contributed by atoms with E-state index in [1.165, 1.54) is 12.1 Å². The topological polar surface area (TPSA) is 62.8 Å². The molecule has 1 aromatic heterocycles. The zero-order valence-corrected chi connectivity index (χ0v) is 12.0. The summed E-state index contributed by atoms with van der Waals surface area (Å²) in [4.78, 5) is 0. The lowest BCUT2D eigenvalue weighted by Gasteiger charge is -2.09. The first-order valence-electron chi connectivity index (χ1n) is 6.23. The molecule has 0 radical (unpaired) electrons. The Morgan fingerprint density at radius 2 is 1.76 bits per heavy atom. The van der Waals surface area contributed by atoms with Gasteiger partial charge in [0.05, 0.1) is 12.5 Å². The molecule has 106 valence electrons. The van der Waals surface area contributed by atoms with Crippen LogP contribution in [0.5, 0.6) is 17.2 Å². The standard InChI is InChI=1S/C16H12O4S/c1-19-11-4-2-9(3-5-11)12-8-15(21)20-14-7-10(17)6-13(18)16(12)14/h2-8,17-18H,1H3. The lowest BCUT2D eigenvalue weighted by atomic mass is 10.0. The molecule has 0 spiro atoms. The Morgan fingerprint density at radius 3 is 2.43 bits per heavy atom. The highest BCUT2D eigenvalue weighted by atomic mass is 32.1. The molecule has 2 N–H and O–H groups in total. The third-order valence-corrected chi connectivity index (χ3v) is 3.41. The van der Waals surface area contributed by atoms with Gasteiger partial charge in [0.1, 0.15) is 22.8 Å². The predicted molar refractivity (Wildman–Crippen MR) is 82.4 cm³/mol. The van der Waals surface area contributed by atoms with Gasteiger partial charge in [-0.1, -0.05) is 12.1 Å². The van der Waals surface area contributed by atoms with E-state index in [1.807, 2.05) is 24.3 Å². The molecule has 3 rings (SSSR count). The molecule has 0 bridgehead atoms. The summed E-state index contributed by atoms with van der Waals surface area (Å²) >= 11 is 5.11. The maximum absolute atomic E-state index is 10.1. The number of hydrogen-bond donors (Lipinski definition) is 2. The Bertz CT molecular complexity index is 866. The van der Waals surface area contributed by atoms with Crippen LogP contribution in [0.1, 0.15) is 0 Å². The highest BCUT2D eigenvalue weighted by Crippen LogP contribution is 2.38. The Labute approximate surface area is 125 Å². The first-order valence-corrected chi connectivity index (χ1v) is 6.63. The number of phenolic OH excluding ortho intramolecular Hbond substituents is 2. The molecule has 0 amide bonds. The number of hydrogen-bond acceptors (Lipinski definition) is 5. The van der Waals surface area contributed by atoms with Crippen LogP contribution in [0.4, 0.5) is 0 Å². The van der Waals surface area contributed by atoms with Crippen LogP contribution < -0.4 is 4.74 Å². The molecule has 0 aliphatic heterocycles. The molecule has 0 saturated carbocycles. The van der Waals surface area contributed by atoms with E-state index < -0.39 is 0 Å². The van der Waals surface area contributed by atoms with Gasteiger partial charge >= 0.3 is 0 Å². The van der Waals surface area contributed by atoms with Gasteiger partial charge in [0.15, 0.2) is 4.71 Å². The number of methoxy groups -OCH3 is 1. The number of ether oxygens (including phenoxy) is 1. The highest BCUT2D eigenvalue weighted by Gasteiger charge is 2.12. The minimum Gasteiger partial charge on any atom is -0.508 e. The Balaban J connectivity index is 2.32. The van der Waals surface area contributed by atoms with Gasteiger partial charge in [-0.15, -0.1) is 0 Å². The first-order chi connectivity index (χ1) is 10.1. The second kappa shape index (κ2) is 5.10. The van der Waals surface area contributed by atoms with E-state index in [-0.39, 0.29) is 16.2 Å². The number of phenols is 2. The normalized spacial score (nSPS) is 10.7. The van der Waals surface area contributed by atoms with E-state index in [9.17, 15) is 10.2 Å². The van der Waals surface area contributed by atoms with Crippen LogP contribution in [0, 0.1) is 4.71 Å². The fourth-order valence-electron chi connectivity index (χ4n) is 2.26. The van der Waals surface area contributed by atoms with E-state index >= 15 is 0 Å². The quantitative estimate of drug-likeness (QED) is 0.693. The van der Waals surface area contributed by atoms with Crippen LogP contribution in [-0.4, -0.2) is 17.3 Å². The van der Waals surface area contributed by atoms with Gasteiger partial charge in [0.2, 0.25) is 0 Å². The van der Waals surface area contributed by atoms with E-state index in [2.05, 4.69) is 0 Å². The van der Waals surface area contributed by atoms with Crippen molar-refractivity contribution >= 4 is 23.2 Å². The van der Waals surface area contributed by atoms with Crippen molar-refractivity contribution in [1.82, 2.24) is 0 Å². The Hall–Kier alpha value is -2.53. The minimum absolute atomic E-state index is 0.0606. The molecule has 3 aromatic rings. The van der Waals surface area contributed by atoms with Gasteiger partial charge in [-0.3, -0.25) is 0 Å². The number of fused-ring (bicyclic) bond motifs is 1. The lowest BCUT2D eigenvalue weighted by molar-refractivity contribution is 0.415. The molecule has 5 heteroatoms. The summed E-state index contributed by atoms with van der Waals surface area (Å²) in [5, 5.41) is 20.2. The predicted octanol–water partition coefficient (Wildman–Crippen LogP) is 4.25. The van der Waals surface area contributed by atoms with Crippen LogP contribution in [0.15, 0.2) is 46.9 Å². The fraction of sp³-hybridized carbons (Fsp3) is 0.0625. The SMILES string of the molecule is COc1ccc(-c2cc(=S)oc3cc(O)cc(O)c23)cc1. The summed E-state index contributed by atoms with van der Waals surface area (Å²) in [7, 11) is 1.60. The van der Waals surface area contributed by atoms with E-state index in [0.29, 0.717) is 11.0 Å². The average molecular weight is 300 g/mol. The second-order valence-electron chi connectivity index (χ2n) is 4.55. The van der Waals surface area contributed by atoms with Crippen molar-refractivity contribution in [3.63, 3.8) is 0 Å². The van der Waals surface area contributed by atoms with Crippen LogP contribution in [0.2, 0.25) is 0 Å². The molecular weight excluding hydrogens is 288 g/mol. The second-order valence-corrected chi connectivity index (χ2v) is 4.95. The van der Waals surface area contributed by atoms with Crippen molar-refractivity contribution in [3.8, 4) is 28.4 Å². The number of rotatable bonds is 2. The molecule has 4 nitrogen and oxygen atoms in total. The van der Waals surface area contributed by atoms with E-state index in [0.717, 1.165) is 16.9 Å². The molecule has 0 atom stereocenters. The fourth-order valence-corrected chi connectivity index (χ4v) is 2.47. The van der Waals surface area contributed by atoms with Crippen LogP contribution in [0.25, 0.3) is 22.1 Å². The van der Waals surface area contributed by atoms with Gasteiger partial charge < -0.3 is 19.4 Å². The van der Waals surface area contributed by atoms with Gasteiger partial charge in [-0.2, -0.15) is 0 Å². The molecular formula is C16H12O4S. The molecule has 0 fully saturated rings. The molecule has 21 heavy (non-hydrogen) atoms. The van der Waals surface area contributed by atoms with E-state index in [1.54, 1.807) is 13.2 Å². The lowest BCUT2D eigenvalue weighted by Crippen LogP contribution is -1.85. The summed E-state index contributed by atoms with van der Waals surface area (Å²) in [6, 6.07) is 11.8. The summed E-state index contributed by atoms with van der Waals surface area (Å²) < 4.78 is 10.8. The largest absolute Gasteiger partial charge is 0.508 e. The van der Waals surface area contributed by atoms with Crippen LogP contribution in [-0.2, 0) is 0 Å². The van der Waals surface area contributed by atoms with Crippen LogP contribution >= 0.6 is 12.2 Å². The summed E-state index contributed by atoms with van der Waals surface area (Å²) in [6.45, 7) is 0. The maximum Gasteiger partial charge on any atom is 0.191 e. The first kappa shape index (κ1) is 13.5. The van der Waals surface area contributed by atoms with Crippen LogP contribution in [0.3, 0.4) is 0 Å². The van der Waals surface area contributed by atoms with Crippen molar-refractivity contribution in [2.75, 3.05) is 7.11 Å². The Kier molecular flexibility index (Phi) is 3.27. The highest BCUT2D eigenvalue weighted by molar-refractivity contribution is 7.71. The zero-order chi connectivity index (χ0) is 15.0. The Morgan fingerprint density at radius 1 is 1.05 bits per heavy atom. The third kappa shape index (κ3) is 2.43. The molecule has 1 heterocycles. The summed E-state index contributed by atoms with van der Waals surface area (Å²) in [5.74, 6) is 0.601. The number of aromatic hydroxyl groups is 2. The van der Waals surface area contributed by atoms with Gasteiger partial charge in [-0.05, 0) is 29.9 Å². The molecule has 0 saturated heterocycles. The third-order valence-electron chi connectivity index (χ3n) is 3.21. The van der Waals surface area contributed by atoms with Gasteiger partial charge in [-0.25, -0.2) is 0 Å². The molecule has 2 aromatic carbocycles.